The molecule has 0 spiro atoms. The molecule has 0 aliphatic rings. The maximum atomic E-state index is 12.9. The molecule has 3 aromatic rings. The van der Waals surface area contributed by atoms with E-state index in [1.54, 1.807) is 45.3 Å². The molecule has 0 radical (unpaired) electrons. The van der Waals surface area contributed by atoms with Crippen LogP contribution in [0.15, 0.2) is 41.5 Å². The molecule has 0 saturated carbocycles. The van der Waals surface area contributed by atoms with E-state index in [0.29, 0.717) is 24.1 Å². The molecular formula is C18H21N5O3. The fourth-order valence-electron chi connectivity index (χ4n) is 2.62. The number of hydrogen-bond acceptors (Lipinski definition) is 6. The molecule has 136 valence electrons. The lowest BCUT2D eigenvalue weighted by Gasteiger charge is -2.19. The van der Waals surface area contributed by atoms with Gasteiger partial charge in [0.2, 0.25) is 0 Å². The number of anilines is 1. The second-order valence-corrected chi connectivity index (χ2v) is 6.94. The molecule has 3 aromatic heterocycles. The zero-order valence-electron chi connectivity index (χ0n) is 15.0. The van der Waals surface area contributed by atoms with E-state index in [2.05, 4.69) is 9.97 Å². The summed E-state index contributed by atoms with van der Waals surface area (Å²) in [7, 11) is 0. The number of ether oxygens (including phenoxy) is 1. The molecule has 0 aromatic carbocycles. The van der Waals surface area contributed by atoms with Gasteiger partial charge in [-0.1, -0.05) is 6.07 Å². The number of carbonyl (C=O) groups excluding carboxylic acids is 1. The van der Waals surface area contributed by atoms with Crippen LogP contribution in [0.2, 0.25) is 0 Å². The molecule has 0 fully saturated rings. The number of nitrogen functional groups attached to an aromatic ring is 1. The van der Waals surface area contributed by atoms with Crippen LogP contribution in [0, 0.1) is 0 Å². The first-order chi connectivity index (χ1) is 12.3. The average Bonchev–Trinajstić information content (AvgIpc) is 2.83. The van der Waals surface area contributed by atoms with Crippen molar-refractivity contribution in [2.24, 2.45) is 0 Å². The molecule has 0 unspecified atom stereocenters. The summed E-state index contributed by atoms with van der Waals surface area (Å²) in [6.45, 7) is 5.57. The predicted octanol–water partition coefficient (Wildman–Crippen LogP) is 2.20. The molecule has 0 atom stereocenters. The minimum Gasteiger partial charge on any atom is -0.443 e. The highest BCUT2D eigenvalue weighted by molar-refractivity contribution is 5.85. The third kappa shape index (κ3) is 3.58. The Kier molecular flexibility index (Phi) is 4.50. The minimum absolute atomic E-state index is 0.272. The average molecular weight is 355 g/mol. The van der Waals surface area contributed by atoms with E-state index < -0.39 is 17.4 Å². The quantitative estimate of drug-likeness (QED) is 0.772. The largest absolute Gasteiger partial charge is 0.443 e. The van der Waals surface area contributed by atoms with Crippen molar-refractivity contribution in [2.75, 3.05) is 5.73 Å². The number of carbonyl (C=O) groups is 1. The van der Waals surface area contributed by atoms with Gasteiger partial charge >= 0.3 is 11.8 Å². The summed E-state index contributed by atoms with van der Waals surface area (Å²) in [6, 6.07) is 6.91. The highest BCUT2D eigenvalue weighted by Crippen LogP contribution is 2.16. The maximum absolute atomic E-state index is 12.9. The van der Waals surface area contributed by atoms with E-state index in [-0.39, 0.29) is 5.82 Å². The van der Waals surface area contributed by atoms with Crippen LogP contribution in [-0.2, 0) is 17.7 Å². The summed E-state index contributed by atoms with van der Waals surface area (Å²) in [4.78, 5) is 33.7. The van der Waals surface area contributed by atoms with Gasteiger partial charge in [-0.15, -0.1) is 0 Å². The molecule has 2 N–H and O–H groups in total. The zero-order valence-corrected chi connectivity index (χ0v) is 15.0. The van der Waals surface area contributed by atoms with Crippen LogP contribution < -0.4 is 11.4 Å². The molecule has 3 heterocycles. The minimum atomic E-state index is -0.737. The van der Waals surface area contributed by atoms with Gasteiger partial charge in [0, 0.05) is 18.9 Å². The van der Waals surface area contributed by atoms with Gasteiger partial charge in [-0.05, 0) is 51.0 Å². The topological polar surface area (TPSA) is 105 Å². The van der Waals surface area contributed by atoms with Gasteiger partial charge in [0.1, 0.15) is 16.9 Å². The Morgan fingerprint density at radius 1 is 1.27 bits per heavy atom. The van der Waals surface area contributed by atoms with E-state index in [0.717, 1.165) is 10.1 Å². The van der Waals surface area contributed by atoms with Gasteiger partial charge in [0.15, 0.2) is 5.65 Å². The fourth-order valence-corrected chi connectivity index (χ4v) is 2.62. The maximum Gasteiger partial charge on any atom is 0.423 e. The molecule has 0 aliphatic heterocycles. The highest BCUT2D eigenvalue weighted by atomic mass is 16.6. The van der Waals surface area contributed by atoms with E-state index in [9.17, 15) is 9.59 Å². The van der Waals surface area contributed by atoms with Crippen molar-refractivity contribution >= 4 is 23.1 Å². The molecule has 3 rings (SSSR count). The monoisotopic (exact) mass is 355 g/mol. The van der Waals surface area contributed by atoms with Crippen LogP contribution >= 0.6 is 0 Å². The number of rotatable bonds is 3. The molecule has 8 heteroatoms. The van der Waals surface area contributed by atoms with Crippen molar-refractivity contribution in [3.8, 4) is 0 Å². The third-order valence-electron chi connectivity index (χ3n) is 3.72. The van der Waals surface area contributed by atoms with E-state index in [1.165, 1.54) is 4.57 Å². The Bertz CT molecular complexity index is 999. The number of pyridine rings is 2. The molecular weight excluding hydrogens is 334 g/mol. The van der Waals surface area contributed by atoms with Gasteiger partial charge in [0.05, 0.1) is 0 Å². The number of nitrogens with zero attached hydrogens (tertiary/aromatic N) is 4. The van der Waals surface area contributed by atoms with Gasteiger partial charge in [0.25, 0.3) is 0 Å². The third-order valence-corrected chi connectivity index (χ3v) is 3.72. The number of nitrogens with two attached hydrogens (primary N) is 1. The van der Waals surface area contributed by atoms with Crippen molar-refractivity contribution in [1.82, 2.24) is 19.1 Å². The first-order valence-electron chi connectivity index (χ1n) is 8.26. The van der Waals surface area contributed by atoms with Crippen molar-refractivity contribution in [1.29, 1.82) is 0 Å². The summed E-state index contributed by atoms with van der Waals surface area (Å²) < 4.78 is 7.79. The normalized spacial score (nSPS) is 11.7. The molecule has 0 bridgehead atoms. The Hall–Kier alpha value is -3.16. The SMILES string of the molecule is CC(C)(C)OC(=O)n1c(=O)n(CCc2cccnc2)c2nc(N)ccc21. The van der Waals surface area contributed by atoms with Crippen LogP contribution in [0.25, 0.3) is 11.2 Å². The van der Waals surface area contributed by atoms with Gasteiger partial charge < -0.3 is 10.5 Å². The van der Waals surface area contributed by atoms with Crippen LogP contribution in [-0.4, -0.2) is 30.8 Å². The standard InChI is InChI=1S/C18H21N5O3/c1-18(2,3)26-17(25)23-13-6-7-14(19)21-15(13)22(16(23)24)10-8-12-5-4-9-20-11-12/h4-7,9,11H,8,10H2,1-3H3,(H2,19,21). The van der Waals surface area contributed by atoms with Crippen molar-refractivity contribution < 1.29 is 9.53 Å². The first-order valence-corrected chi connectivity index (χ1v) is 8.26. The summed E-state index contributed by atoms with van der Waals surface area (Å²) in [5, 5.41) is 0. The number of hydrogen-bond donors (Lipinski definition) is 1. The zero-order chi connectivity index (χ0) is 18.9. The van der Waals surface area contributed by atoms with Crippen LogP contribution in [0.4, 0.5) is 10.6 Å². The smallest absolute Gasteiger partial charge is 0.423 e. The van der Waals surface area contributed by atoms with E-state index >= 15 is 0 Å². The van der Waals surface area contributed by atoms with Crippen LogP contribution in [0.1, 0.15) is 26.3 Å². The summed E-state index contributed by atoms with van der Waals surface area (Å²) in [6.07, 6.45) is 3.25. The Balaban J connectivity index is 2.05. The van der Waals surface area contributed by atoms with Crippen LogP contribution in [0.3, 0.4) is 0 Å². The number of aryl methyl sites for hydroxylation is 2. The number of imidazole rings is 1. The van der Waals surface area contributed by atoms with Gasteiger partial charge in [-0.3, -0.25) is 9.55 Å². The second-order valence-electron chi connectivity index (χ2n) is 6.94. The summed E-state index contributed by atoms with van der Waals surface area (Å²) in [5.74, 6) is 0.272. The number of aromatic nitrogens is 4. The summed E-state index contributed by atoms with van der Waals surface area (Å²) in [5.41, 5.74) is 6.24. The Morgan fingerprint density at radius 3 is 2.69 bits per heavy atom. The number of fused-ring (bicyclic) bond motifs is 1. The van der Waals surface area contributed by atoms with Crippen molar-refractivity contribution in [2.45, 2.75) is 39.3 Å². The summed E-state index contributed by atoms with van der Waals surface area (Å²) >= 11 is 0. The second kappa shape index (κ2) is 6.62. The lowest BCUT2D eigenvalue weighted by atomic mass is 10.2. The molecule has 26 heavy (non-hydrogen) atoms. The Morgan fingerprint density at radius 2 is 2.04 bits per heavy atom. The van der Waals surface area contributed by atoms with Crippen molar-refractivity contribution in [3.05, 3.63) is 52.7 Å². The first kappa shape index (κ1) is 17.7. The van der Waals surface area contributed by atoms with Gasteiger partial charge in [-0.25, -0.2) is 14.6 Å². The van der Waals surface area contributed by atoms with Gasteiger partial charge in [-0.2, -0.15) is 4.57 Å². The van der Waals surface area contributed by atoms with Crippen LogP contribution in [0.5, 0.6) is 0 Å². The molecule has 0 aliphatic carbocycles. The van der Waals surface area contributed by atoms with E-state index in [1.807, 2.05) is 12.1 Å². The van der Waals surface area contributed by atoms with Crippen molar-refractivity contribution in [3.63, 3.8) is 0 Å². The lowest BCUT2D eigenvalue weighted by molar-refractivity contribution is 0.0537. The fraction of sp³-hybridized carbons (Fsp3) is 0.333. The highest BCUT2D eigenvalue weighted by Gasteiger charge is 2.24. The van der Waals surface area contributed by atoms with E-state index in [4.69, 9.17) is 10.5 Å². The molecule has 8 nitrogen and oxygen atoms in total. The molecule has 0 saturated heterocycles. The lowest BCUT2D eigenvalue weighted by Crippen LogP contribution is -2.34. The predicted molar refractivity (Wildman–Crippen MR) is 98.0 cm³/mol. The Labute approximate surface area is 150 Å². The molecule has 0 amide bonds.